The summed E-state index contributed by atoms with van der Waals surface area (Å²) < 4.78 is 5.26. The number of benzene rings is 1. The molecule has 0 saturated carbocycles. The maximum Gasteiger partial charge on any atom is 0.408 e. The monoisotopic (exact) mass is 490 g/mol. The minimum Gasteiger partial charge on any atom is -0.445 e. The van der Waals surface area contributed by atoms with Crippen LogP contribution in [0.15, 0.2) is 30.3 Å². The predicted octanol–water partition coefficient (Wildman–Crippen LogP) is 2.67. The molecule has 0 aliphatic rings. The van der Waals surface area contributed by atoms with Crippen LogP contribution in [0.3, 0.4) is 0 Å². The quantitative estimate of drug-likeness (QED) is 0.207. The second-order valence-corrected chi connectivity index (χ2v) is 9.61. The minimum atomic E-state index is -0.874. The fraction of sp³-hybridized carbons (Fsp3) is 0.615. The number of amides is 3. The van der Waals surface area contributed by atoms with E-state index in [1.165, 1.54) is 0 Å². The van der Waals surface area contributed by atoms with E-state index < -0.39 is 36.0 Å². The second kappa shape index (κ2) is 16.6. The lowest BCUT2D eigenvalue weighted by atomic mass is 10.0. The van der Waals surface area contributed by atoms with Gasteiger partial charge in [-0.2, -0.15) is 0 Å². The first-order valence-corrected chi connectivity index (χ1v) is 12.4. The van der Waals surface area contributed by atoms with Gasteiger partial charge in [0.05, 0.1) is 6.04 Å². The molecule has 0 spiro atoms. The molecule has 3 atom stereocenters. The summed E-state index contributed by atoms with van der Waals surface area (Å²) in [7, 11) is 0. The number of aldehydes is 1. The first kappa shape index (κ1) is 30.1. The molecule has 3 amide bonds. The van der Waals surface area contributed by atoms with Crippen molar-refractivity contribution in [3.05, 3.63) is 35.9 Å². The van der Waals surface area contributed by atoms with Crippen molar-refractivity contribution in [1.29, 1.82) is 0 Å². The van der Waals surface area contributed by atoms with E-state index in [1.54, 1.807) is 0 Å². The third-order valence-electron chi connectivity index (χ3n) is 5.33. The van der Waals surface area contributed by atoms with Crippen LogP contribution in [0.1, 0.15) is 65.4 Å². The molecule has 0 aromatic heterocycles. The Kier molecular flexibility index (Phi) is 14.3. The first-order valence-electron chi connectivity index (χ1n) is 12.4. The second-order valence-electron chi connectivity index (χ2n) is 9.61. The molecule has 196 valence electrons. The van der Waals surface area contributed by atoms with Gasteiger partial charge in [-0.25, -0.2) is 4.79 Å². The Labute approximate surface area is 208 Å². The first-order chi connectivity index (χ1) is 16.7. The van der Waals surface area contributed by atoms with Crippen molar-refractivity contribution >= 4 is 24.2 Å². The van der Waals surface area contributed by atoms with Crippen molar-refractivity contribution in [2.24, 2.45) is 17.6 Å². The smallest absolute Gasteiger partial charge is 0.408 e. The lowest BCUT2D eigenvalue weighted by Crippen LogP contribution is -2.55. The molecular formula is C26H42N4O5. The molecule has 1 aromatic carbocycles. The number of unbranched alkanes of at least 4 members (excludes halogenated alkanes) is 1. The van der Waals surface area contributed by atoms with Gasteiger partial charge >= 0.3 is 6.09 Å². The van der Waals surface area contributed by atoms with Crippen LogP contribution in [-0.4, -0.2) is 48.9 Å². The highest BCUT2D eigenvalue weighted by Crippen LogP contribution is 2.10. The Bertz CT molecular complexity index is 785. The van der Waals surface area contributed by atoms with Gasteiger partial charge in [-0.05, 0) is 56.0 Å². The van der Waals surface area contributed by atoms with E-state index in [0.717, 1.165) is 5.56 Å². The van der Waals surface area contributed by atoms with E-state index in [2.05, 4.69) is 16.0 Å². The molecule has 9 nitrogen and oxygen atoms in total. The molecule has 35 heavy (non-hydrogen) atoms. The number of hydrogen-bond acceptors (Lipinski definition) is 6. The van der Waals surface area contributed by atoms with Crippen molar-refractivity contribution in [2.75, 3.05) is 6.54 Å². The molecule has 0 aliphatic heterocycles. The molecule has 0 radical (unpaired) electrons. The summed E-state index contributed by atoms with van der Waals surface area (Å²) in [5, 5.41) is 8.12. The van der Waals surface area contributed by atoms with Crippen LogP contribution in [0.5, 0.6) is 0 Å². The Morgan fingerprint density at radius 2 is 1.51 bits per heavy atom. The van der Waals surface area contributed by atoms with Gasteiger partial charge in [0.15, 0.2) is 0 Å². The standard InChI is InChI=1S/C26H42N4O5/c1-18(2)14-21(16-31)28-24(32)22(12-8-9-13-27)29-25(33)23(15-19(3)4)30-26(34)35-17-20-10-6-5-7-11-20/h5-7,10-11,16,18-19,21-23H,8-9,12-15,17,27H2,1-4H3,(H,28,32)(H,29,33)(H,30,34)/t21-,22-,23+/m1/s1. The summed E-state index contributed by atoms with van der Waals surface area (Å²) in [6, 6.07) is 6.88. The topological polar surface area (TPSA) is 140 Å². The molecule has 0 heterocycles. The number of rotatable bonds is 16. The van der Waals surface area contributed by atoms with Crippen molar-refractivity contribution in [1.82, 2.24) is 16.0 Å². The molecule has 0 aliphatic carbocycles. The van der Waals surface area contributed by atoms with Gasteiger partial charge in [0.25, 0.3) is 0 Å². The summed E-state index contributed by atoms with van der Waals surface area (Å²) >= 11 is 0. The third-order valence-corrected chi connectivity index (χ3v) is 5.33. The van der Waals surface area contributed by atoms with Crippen LogP contribution >= 0.6 is 0 Å². The molecule has 1 aromatic rings. The highest BCUT2D eigenvalue weighted by molar-refractivity contribution is 5.92. The van der Waals surface area contributed by atoms with Crippen LogP contribution in [0, 0.1) is 11.8 Å². The van der Waals surface area contributed by atoms with Crippen LogP contribution in [0.4, 0.5) is 4.79 Å². The van der Waals surface area contributed by atoms with Crippen molar-refractivity contribution in [2.45, 2.75) is 84.5 Å². The normalized spacial score (nSPS) is 13.6. The zero-order valence-electron chi connectivity index (χ0n) is 21.4. The fourth-order valence-electron chi connectivity index (χ4n) is 3.58. The maximum atomic E-state index is 13.1. The summed E-state index contributed by atoms with van der Waals surface area (Å²) in [4.78, 5) is 49.8. The SMILES string of the molecule is CC(C)C[C@H](NC(=O)OCc1ccccc1)C(=O)N[C@H](CCCCN)C(=O)N[C@@H](C=O)CC(C)C. The molecule has 9 heteroatoms. The molecular weight excluding hydrogens is 448 g/mol. The number of ether oxygens (including phenoxy) is 1. The van der Waals surface area contributed by atoms with E-state index in [-0.39, 0.29) is 18.4 Å². The van der Waals surface area contributed by atoms with Crippen LogP contribution < -0.4 is 21.7 Å². The predicted molar refractivity (Wildman–Crippen MR) is 135 cm³/mol. The number of alkyl carbamates (subject to hydrolysis) is 1. The van der Waals surface area contributed by atoms with Crippen molar-refractivity contribution in [3.8, 4) is 0 Å². The van der Waals surface area contributed by atoms with Gasteiger partial charge in [0.2, 0.25) is 11.8 Å². The average Bonchev–Trinajstić information content (AvgIpc) is 2.81. The molecule has 5 N–H and O–H groups in total. The Hall–Kier alpha value is -2.94. The number of carbonyl (C=O) groups excluding carboxylic acids is 4. The zero-order valence-corrected chi connectivity index (χ0v) is 21.4. The molecule has 0 saturated heterocycles. The summed E-state index contributed by atoms with van der Waals surface area (Å²) in [5.41, 5.74) is 6.41. The van der Waals surface area contributed by atoms with Gasteiger partial charge in [0.1, 0.15) is 25.0 Å². The Morgan fingerprint density at radius 3 is 2.09 bits per heavy atom. The minimum absolute atomic E-state index is 0.0791. The summed E-state index contributed by atoms with van der Waals surface area (Å²) in [6.07, 6.45) is 2.57. The Morgan fingerprint density at radius 1 is 0.886 bits per heavy atom. The van der Waals surface area contributed by atoms with Crippen LogP contribution in [0.25, 0.3) is 0 Å². The lowest BCUT2D eigenvalue weighted by molar-refractivity contribution is -0.131. The van der Waals surface area contributed by atoms with E-state index in [9.17, 15) is 19.2 Å². The van der Waals surface area contributed by atoms with Gasteiger partial charge in [0, 0.05) is 0 Å². The lowest BCUT2D eigenvalue weighted by Gasteiger charge is -2.25. The fourth-order valence-corrected chi connectivity index (χ4v) is 3.58. The largest absolute Gasteiger partial charge is 0.445 e. The number of carbonyl (C=O) groups is 4. The van der Waals surface area contributed by atoms with Crippen LogP contribution in [-0.2, 0) is 25.7 Å². The van der Waals surface area contributed by atoms with E-state index in [1.807, 2.05) is 58.0 Å². The van der Waals surface area contributed by atoms with Crippen LogP contribution in [0.2, 0.25) is 0 Å². The highest BCUT2D eigenvalue weighted by atomic mass is 16.5. The third kappa shape index (κ3) is 12.9. The van der Waals surface area contributed by atoms with Gasteiger partial charge in [-0.1, -0.05) is 58.0 Å². The Balaban J connectivity index is 2.84. The number of nitrogens with two attached hydrogens (primary N) is 1. The van der Waals surface area contributed by atoms with Crippen molar-refractivity contribution in [3.63, 3.8) is 0 Å². The summed E-state index contributed by atoms with van der Waals surface area (Å²) in [5.74, 6) is -0.578. The number of nitrogens with one attached hydrogen (secondary N) is 3. The molecule has 0 unspecified atom stereocenters. The molecule has 0 fully saturated rings. The average molecular weight is 491 g/mol. The zero-order chi connectivity index (χ0) is 26.2. The van der Waals surface area contributed by atoms with Gasteiger partial charge in [-0.3, -0.25) is 9.59 Å². The molecule has 1 rings (SSSR count). The van der Waals surface area contributed by atoms with Gasteiger partial charge < -0.3 is 31.2 Å². The highest BCUT2D eigenvalue weighted by Gasteiger charge is 2.28. The molecule has 0 bridgehead atoms. The summed E-state index contributed by atoms with van der Waals surface area (Å²) in [6.45, 7) is 8.34. The van der Waals surface area contributed by atoms with Crippen molar-refractivity contribution < 1.29 is 23.9 Å². The number of hydrogen-bond donors (Lipinski definition) is 4. The van der Waals surface area contributed by atoms with Gasteiger partial charge in [-0.15, -0.1) is 0 Å². The van der Waals surface area contributed by atoms with E-state index in [0.29, 0.717) is 44.9 Å². The maximum absolute atomic E-state index is 13.1. The van der Waals surface area contributed by atoms with E-state index >= 15 is 0 Å². The van der Waals surface area contributed by atoms with E-state index in [4.69, 9.17) is 10.5 Å².